The molecule has 0 fully saturated rings. The number of halogens is 2. The van der Waals surface area contributed by atoms with E-state index in [-0.39, 0.29) is 0 Å². The number of para-hydroxylation sites is 1. The summed E-state index contributed by atoms with van der Waals surface area (Å²) in [5.74, 6) is 0. The number of hydrogen-bond donors (Lipinski definition) is 1. The summed E-state index contributed by atoms with van der Waals surface area (Å²) in [6.07, 6.45) is 0. The average Bonchev–Trinajstić information content (AvgIpc) is 2.56. The van der Waals surface area contributed by atoms with Gasteiger partial charge in [0.25, 0.3) is 0 Å². The zero-order chi connectivity index (χ0) is 13.3. The van der Waals surface area contributed by atoms with E-state index in [1.54, 1.807) is 0 Å². The number of aryl methyl sites for hydroxylation is 1. The minimum Gasteiger partial charge on any atom is -0.378 e. The van der Waals surface area contributed by atoms with Crippen LogP contribution in [0.4, 0.5) is 5.69 Å². The third-order valence-electron chi connectivity index (χ3n) is 3.30. The molecule has 0 radical (unpaired) electrons. The molecule has 0 aliphatic heterocycles. The molecular weight excluding hydrogens is 267 g/mol. The van der Waals surface area contributed by atoms with Gasteiger partial charge in [0.1, 0.15) is 0 Å². The van der Waals surface area contributed by atoms with E-state index >= 15 is 0 Å². The second kappa shape index (κ2) is 5.25. The van der Waals surface area contributed by atoms with E-state index in [9.17, 15) is 0 Å². The van der Waals surface area contributed by atoms with Crippen LogP contribution in [0.5, 0.6) is 0 Å². The van der Waals surface area contributed by atoms with Crippen LogP contribution >= 0.6 is 23.2 Å². The van der Waals surface area contributed by atoms with Crippen molar-refractivity contribution in [2.45, 2.75) is 20.4 Å². The first-order valence-corrected chi connectivity index (χ1v) is 6.56. The molecule has 4 heteroatoms. The summed E-state index contributed by atoms with van der Waals surface area (Å²) in [7, 11) is 2.07. The fraction of sp³-hybridized carbons (Fsp3) is 0.286. The first-order chi connectivity index (χ1) is 8.50. The number of nitrogens with one attached hydrogen (secondary N) is 1. The second-order valence-electron chi connectivity index (χ2n) is 4.41. The van der Waals surface area contributed by atoms with Gasteiger partial charge in [0, 0.05) is 25.0 Å². The molecule has 0 aliphatic rings. The number of anilines is 1. The molecule has 1 aromatic heterocycles. The fourth-order valence-electron chi connectivity index (χ4n) is 1.96. The lowest BCUT2D eigenvalue weighted by atomic mass is 10.2. The van der Waals surface area contributed by atoms with Crippen molar-refractivity contribution in [1.82, 2.24) is 4.57 Å². The molecular formula is C14H16Cl2N2. The maximum absolute atomic E-state index is 6.12. The Morgan fingerprint density at radius 1 is 1.17 bits per heavy atom. The van der Waals surface area contributed by atoms with Crippen LogP contribution in [0.3, 0.4) is 0 Å². The molecule has 96 valence electrons. The van der Waals surface area contributed by atoms with E-state index in [0.29, 0.717) is 10.0 Å². The molecule has 0 aliphatic carbocycles. The third-order valence-corrected chi connectivity index (χ3v) is 3.93. The molecule has 18 heavy (non-hydrogen) atoms. The number of hydrogen-bond acceptors (Lipinski definition) is 1. The Bertz CT molecular complexity index is 553. The van der Waals surface area contributed by atoms with Gasteiger partial charge in [-0.15, -0.1) is 0 Å². The smallest absolute Gasteiger partial charge is 0.0721 e. The highest BCUT2D eigenvalue weighted by molar-refractivity contribution is 6.39. The van der Waals surface area contributed by atoms with Crippen molar-refractivity contribution >= 4 is 28.9 Å². The van der Waals surface area contributed by atoms with Crippen molar-refractivity contribution in [1.29, 1.82) is 0 Å². The van der Waals surface area contributed by atoms with E-state index < -0.39 is 0 Å². The lowest BCUT2D eigenvalue weighted by molar-refractivity contribution is 0.837. The molecule has 0 amide bonds. The van der Waals surface area contributed by atoms with Crippen LogP contribution in [0.2, 0.25) is 10.0 Å². The number of nitrogens with zero attached hydrogens (tertiary/aromatic N) is 1. The zero-order valence-corrected chi connectivity index (χ0v) is 12.2. The Labute approximate surface area is 118 Å². The van der Waals surface area contributed by atoms with Crippen molar-refractivity contribution in [3.8, 4) is 0 Å². The van der Waals surface area contributed by atoms with Crippen LogP contribution in [0, 0.1) is 13.8 Å². The fourth-order valence-corrected chi connectivity index (χ4v) is 2.49. The zero-order valence-electron chi connectivity index (χ0n) is 10.7. The predicted molar refractivity (Wildman–Crippen MR) is 78.7 cm³/mol. The topological polar surface area (TPSA) is 17.0 Å². The summed E-state index contributed by atoms with van der Waals surface area (Å²) in [5, 5.41) is 4.59. The van der Waals surface area contributed by atoms with Crippen molar-refractivity contribution in [3.05, 3.63) is 51.3 Å². The molecule has 1 heterocycles. The van der Waals surface area contributed by atoms with Gasteiger partial charge in [-0.1, -0.05) is 29.3 Å². The van der Waals surface area contributed by atoms with Crippen LogP contribution in [0.25, 0.3) is 0 Å². The molecule has 2 aromatic rings. The van der Waals surface area contributed by atoms with Crippen molar-refractivity contribution in [2.75, 3.05) is 5.32 Å². The van der Waals surface area contributed by atoms with E-state index in [1.165, 1.54) is 17.0 Å². The first kappa shape index (κ1) is 13.3. The van der Waals surface area contributed by atoms with Gasteiger partial charge in [0.05, 0.1) is 15.7 Å². The quantitative estimate of drug-likeness (QED) is 0.873. The average molecular weight is 283 g/mol. The Hall–Kier alpha value is -1.12. The summed E-state index contributed by atoms with van der Waals surface area (Å²) in [6, 6.07) is 7.68. The van der Waals surface area contributed by atoms with Gasteiger partial charge in [-0.2, -0.15) is 0 Å². The van der Waals surface area contributed by atoms with Crippen molar-refractivity contribution in [2.24, 2.45) is 7.05 Å². The summed E-state index contributed by atoms with van der Waals surface area (Å²) in [4.78, 5) is 0. The first-order valence-electron chi connectivity index (χ1n) is 5.80. The van der Waals surface area contributed by atoms with Gasteiger partial charge in [-0.3, -0.25) is 0 Å². The second-order valence-corrected chi connectivity index (χ2v) is 5.22. The standard InChI is InChI=1S/C14H16Cl2N2/c1-9-7-11(10(2)18(9)3)8-17-14-12(15)5-4-6-13(14)16/h4-7,17H,8H2,1-3H3. The summed E-state index contributed by atoms with van der Waals surface area (Å²) in [6.45, 7) is 4.92. The lowest BCUT2D eigenvalue weighted by Gasteiger charge is -2.10. The van der Waals surface area contributed by atoms with Crippen LogP contribution < -0.4 is 5.32 Å². The van der Waals surface area contributed by atoms with Crippen molar-refractivity contribution < 1.29 is 0 Å². The third kappa shape index (κ3) is 2.50. The predicted octanol–water partition coefficient (Wildman–Crippen LogP) is 4.56. The molecule has 0 spiro atoms. The maximum atomic E-state index is 6.12. The highest BCUT2D eigenvalue weighted by Gasteiger charge is 2.08. The van der Waals surface area contributed by atoms with Gasteiger partial charge in [0.2, 0.25) is 0 Å². The Morgan fingerprint density at radius 2 is 1.78 bits per heavy atom. The number of rotatable bonds is 3. The SMILES string of the molecule is Cc1cc(CNc2c(Cl)cccc2Cl)c(C)n1C. The minimum atomic E-state index is 0.646. The maximum Gasteiger partial charge on any atom is 0.0721 e. The van der Waals surface area contributed by atoms with Gasteiger partial charge >= 0.3 is 0 Å². The minimum absolute atomic E-state index is 0.646. The molecule has 2 rings (SSSR count). The Morgan fingerprint density at radius 3 is 2.28 bits per heavy atom. The summed E-state index contributed by atoms with van der Waals surface area (Å²) in [5.41, 5.74) is 4.55. The molecule has 0 saturated heterocycles. The largest absolute Gasteiger partial charge is 0.378 e. The van der Waals surface area contributed by atoms with E-state index in [4.69, 9.17) is 23.2 Å². The van der Waals surface area contributed by atoms with Gasteiger partial charge in [-0.05, 0) is 37.6 Å². The molecule has 0 bridgehead atoms. The van der Waals surface area contributed by atoms with Crippen LogP contribution in [0.15, 0.2) is 24.3 Å². The van der Waals surface area contributed by atoms with E-state index in [2.05, 4.69) is 36.8 Å². The number of benzene rings is 1. The van der Waals surface area contributed by atoms with E-state index in [1.807, 2.05) is 18.2 Å². The molecule has 2 nitrogen and oxygen atoms in total. The summed E-state index contributed by atoms with van der Waals surface area (Å²) >= 11 is 12.2. The lowest BCUT2D eigenvalue weighted by Crippen LogP contribution is -2.02. The van der Waals surface area contributed by atoms with Gasteiger partial charge in [0.15, 0.2) is 0 Å². The highest BCUT2D eigenvalue weighted by atomic mass is 35.5. The summed E-state index contributed by atoms with van der Waals surface area (Å²) < 4.78 is 2.17. The molecule has 0 atom stereocenters. The highest BCUT2D eigenvalue weighted by Crippen LogP contribution is 2.30. The Balaban J connectivity index is 2.19. The van der Waals surface area contributed by atoms with Crippen molar-refractivity contribution in [3.63, 3.8) is 0 Å². The van der Waals surface area contributed by atoms with Crippen LogP contribution in [0.1, 0.15) is 17.0 Å². The van der Waals surface area contributed by atoms with Gasteiger partial charge in [-0.25, -0.2) is 0 Å². The molecule has 1 N–H and O–H groups in total. The number of aromatic nitrogens is 1. The molecule has 0 unspecified atom stereocenters. The molecule has 1 aromatic carbocycles. The van der Waals surface area contributed by atoms with E-state index in [0.717, 1.165) is 12.2 Å². The van der Waals surface area contributed by atoms with Gasteiger partial charge < -0.3 is 9.88 Å². The van der Waals surface area contributed by atoms with Crippen LogP contribution in [-0.4, -0.2) is 4.57 Å². The Kier molecular flexibility index (Phi) is 3.88. The monoisotopic (exact) mass is 282 g/mol. The van der Waals surface area contributed by atoms with Crippen LogP contribution in [-0.2, 0) is 13.6 Å². The normalized spacial score (nSPS) is 10.7. The molecule has 0 saturated carbocycles.